The van der Waals surface area contributed by atoms with Crippen molar-refractivity contribution in [3.63, 3.8) is 0 Å². The molecule has 0 spiro atoms. The first-order valence-electron chi connectivity index (χ1n) is 13.4. The minimum atomic E-state index is -1.02. The number of nitrogens with zero attached hydrogens (tertiary/aromatic N) is 4. The summed E-state index contributed by atoms with van der Waals surface area (Å²) >= 11 is 43.1. The number of thiocarbonyl (C=S) groups is 4. The van der Waals surface area contributed by atoms with E-state index in [9.17, 15) is 13.2 Å². The van der Waals surface area contributed by atoms with E-state index in [1.807, 2.05) is 4.90 Å². The number of nitrogens with one attached hydrogen (secondary N) is 4. The summed E-state index contributed by atoms with van der Waals surface area (Å²) in [7, 11) is 0. The molecule has 3 aromatic rings. The minimum absolute atomic E-state index is 0. The molecule has 0 bridgehead atoms. The summed E-state index contributed by atoms with van der Waals surface area (Å²) in [6.45, 7) is 6.23. The maximum Gasteiger partial charge on any atom is 2.00 e. The number of benzene rings is 1. The van der Waals surface area contributed by atoms with E-state index in [4.69, 9.17) is 11.6 Å². The predicted molar refractivity (Wildman–Crippen MR) is 206 cm³/mol. The molecule has 0 aliphatic carbocycles. The predicted octanol–water partition coefficient (Wildman–Crippen LogP) is 4.36. The van der Waals surface area contributed by atoms with Crippen LogP contribution >= 0.6 is 60.5 Å². The van der Waals surface area contributed by atoms with E-state index >= 15 is 0 Å². The van der Waals surface area contributed by atoms with Crippen molar-refractivity contribution >= 4 is 140 Å². The largest absolute Gasteiger partial charge is 2.00 e. The van der Waals surface area contributed by atoms with E-state index in [-0.39, 0.29) is 47.3 Å². The number of anilines is 1. The van der Waals surface area contributed by atoms with E-state index in [2.05, 4.69) is 138 Å². The van der Waals surface area contributed by atoms with Gasteiger partial charge < -0.3 is 126 Å². The molecule has 1 aromatic carbocycles. The van der Waals surface area contributed by atoms with E-state index < -0.39 is 23.0 Å². The van der Waals surface area contributed by atoms with Crippen molar-refractivity contribution < 1.29 is 49.7 Å². The van der Waals surface area contributed by atoms with Gasteiger partial charge in [0, 0.05) is 57.5 Å². The molecule has 1 aliphatic heterocycles. The van der Waals surface area contributed by atoms with Crippen molar-refractivity contribution in [2.75, 3.05) is 44.2 Å². The summed E-state index contributed by atoms with van der Waals surface area (Å²) in [5.41, 5.74) is 0.178. The molecule has 1 aliphatic rings. The van der Waals surface area contributed by atoms with Gasteiger partial charge in [0.1, 0.15) is 28.4 Å². The van der Waals surface area contributed by atoms with Crippen LogP contribution in [0.5, 0.6) is 0 Å². The molecule has 0 unspecified atom stereocenters. The Morgan fingerprint density at radius 3 is 1.65 bits per heavy atom. The molecular formula is C26H28ClF3MnN8S8Zn. The Kier molecular flexibility index (Phi) is 24.1. The molecule has 0 saturated carbocycles. The molecule has 8 nitrogen and oxygen atoms in total. The SMILES string of the molecule is CC1CCN(c2c(-c3c(F)cc(F)cc3F)c(Cl)nc3ccnn23)CC1.S=C([S-])NCCNC(=S)[S-].S=C([S-])NCCNC(=S)[S-].[Mn+2].[Zn+2]. The molecular weight excluding hydrogens is 894 g/mol. The Labute approximate surface area is 349 Å². The molecule has 257 valence electrons. The third-order valence-electron chi connectivity index (χ3n) is 6.13. The Bertz CT molecular complexity index is 1450. The van der Waals surface area contributed by atoms with Crippen LogP contribution in [-0.2, 0) is 87.1 Å². The third kappa shape index (κ3) is 16.5. The fraction of sp³-hybridized carbons (Fsp3) is 0.385. The second kappa shape index (κ2) is 24.5. The maximum absolute atomic E-state index is 14.5. The van der Waals surface area contributed by atoms with E-state index in [1.165, 1.54) is 4.52 Å². The molecule has 1 fully saturated rings. The summed E-state index contributed by atoms with van der Waals surface area (Å²) in [6.07, 6.45) is 3.43. The van der Waals surface area contributed by atoms with Gasteiger partial charge in [0.25, 0.3) is 0 Å². The first kappa shape index (κ1) is 47.3. The van der Waals surface area contributed by atoms with Crippen molar-refractivity contribution in [3.05, 3.63) is 47.0 Å². The van der Waals surface area contributed by atoms with Crippen LogP contribution < -0.4 is 26.2 Å². The van der Waals surface area contributed by atoms with Crippen molar-refractivity contribution in [2.24, 2.45) is 5.92 Å². The Balaban J connectivity index is 0.000000842. The monoisotopic (exact) mass is 919 g/mol. The van der Waals surface area contributed by atoms with Crippen molar-refractivity contribution in [3.8, 4) is 11.1 Å². The van der Waals surface area contributed by atoms with Crippen LogP contribution in [0.2, 0.25) is 5.15 Å². The van der Waals surface area contributed by atoms with Crippen LogP contribution in [0.15, 0.2) is 24.4 Å². The van der Waals surface area contributed by atoms with E-state index in [0.29, 0.717) is 86.1 Å². The number of hydrogen-bond donors (Lipinski definition) is 4. The third-order valence-corrected chi connectivity index (χ3v) is 7.56. The van der Waals surface area contributed by atoms with E-state index in [1.54, 1.807) is 12.3 Å². The fourth-order valence-corrected chi connectivity index (χ4v) is 5.15. The molecule has 4 rings (SSSR count). The first-order chi connectivity index (χ1) is 21.7. The number of hydrogen-bond acceptors (Lipinski definition) is 11. The molecule has 0 atom stereocenters. The fourth-order valence-electron chi connectivity index (χ4n) is 4.07. The van der Waals surface area contributed by atoms with Gasteiger partial charge in [0.2, 0.25) is 0 Å². The average Bonchev–Trinajstić information content (AvgIpc) is 3.42. The zero-order valence-corrected chi connectivity index (χ0v) is 36.6. The second-order valence-corrected chi connectivity index (χ2v) is 14.1. The van der Waals surface area contributed by atoms with Crippen LogP contribution in [0.1, 0.15) is 19.8 Å². The Hall–Kier alpha value is -0.697. The smallest absolute Gasteiger partial charge is 0.412 e. The molecule has 4 N–H and O–H groups in total. The Morgan fingerprint density at radius 2 is 1.25 bits per heavy atom. The molecule has 3 heterocycles. The second-order valence-electron chi connectivity index (χ2n) is 9.47. The molecule has 2 aromatic heterocycles. The normalized spacial score (nSPS) is 12.1. The molecule has 1 radical (unpaired) electrons. The zero-order chi connectivity index (χ0) is 34.4. The topological polar surface area (TPSA) is 81.6 Å². The summed E-state index contributed by atoms with van der Waals surface area (Å²) in [5.74, 6) is -1.99. The van der Waals surface area contributed by atoms with Crippen LogP contribution in [0.3, 0.4) is 0 Å². The molecule has 48 heavy (non-hydrogen) atoms. The number of halogens is 4. The zero-order valence-electron chi connectivity index (χ0n) is 25.2. The first-order valence-corrected chi connectivity index (χ1v) is 17.1. The van der Waals surface area contributed by atoms with Crippen LogP contribution in [0.25, 0.3) is 16.8 Å². The number of aromatic nitrogens is 3. The summed E-state index contributed by atoms with van der Waals surface area (Å²) < 4.78 is 45.4. The van der Waals surface area contributed by atoms with Gasteiger partial charge in [-0.3, -0.25) is 0 Å². The summed E-state index contributed by atoms with van der Waals surface area (Å²) in [6, 6.07) is 2.96. The van der Waals surface area contributed by atoms with Crippen LogP contribution in [0.4, 0.5) is 19.0 Å². The summed E-state index contributed by atoms with van der Waals surface area (Å²) in [5, 5.41) is 15.3. The van der Waals surface area contributed by atoms with Gasteiger partial charge in [0.15, 0.2) is 5.65 Å². The van der Waals surface area contributed by atoms with Gasteiger partial charge in [-0.15, -0.1) is 0 Å². The van der Waals surface area contributed by atoms with Crippen LogP contribution in [0, 0.1) is 23.4 Å². The Morgan fingerprint density at radius 1 is 0.833 bits per heavy atom. The van der Waals surface area contributed by atoms with Gasteiger partial charge >= 0.3 is 36.5 Å². The molecule has 22 heteroatoms. The minimum Gasteiger partial charge on any atom is -0.412 e. The number of fused-ring (bicyclic) bond motifs is 1. The standard InChI is InChI=1S/C18H16ClF3N4.2C4H8N2S4.Mn.Zn/c1-10-3-6-25(7-4-10)18-16(15-12(21)8-11(20)9-13(15)22)17(19)24-14-2-5-23-26(14)18;2*7-3(8)5-1-2-6-4(9)10;;/h2,5,8-10H,3-4,6-7H2,1H3;2*1-2H2,(H2,5,7,8)(H2,6,9,10);;/q;;;2*+2/p-4. The van der Waals surface area contributed by atoms with Gasteiger partial charge in [-0.25, -0.2) is 18.2 Å². The van der Waals surface area contributed by atoms with E-state index in [0.717, 1.165) is 12.8 Å². The number of rotatable bonds is 8. The maximum atomic E-state index is 14.5. The van der Waals surface area contributed by atoms with Crippen molar-refractivity contribution in [1.82, 2.24) is 35.9 Å². The average molecular weight is 922 g/mol. The van der Waals surface area contributed by atoms with Gasteiger partial charge in [-0.05, 0) is 18.8 Å². The summed E-state index contributed by atoms with van der Waals surface area (Å²) in [4.78, 5) is 6.20. The van der Waals surface area contributed by atoms with Gasteiger partial charge in [-0.2, -0.15) is 9.61 Å². The molecule has 1 saturated heterocycles. The van der Waals surface area contributed by atoms with Gasteiger partial charge in [-0.1, -0.05) is 35.8 Å². The van der Waals surface area contributed by atoms with Crippen molar-refractivity contribution in [2.45, 2.75) is 19.8 Å². The quantitative estimate of drug-likeness (QED) is 0.0851. The number of piperidine rings is 1. The van der Waals surface area contributed by atoms with Crippen LogP contribution in [-0.4, -0.2) is 71.1 Å². The van der Waals surface area contributed by atoms with Gasteiger partial charge in [0.05, 0.1) is 17.3 Å². The molecule has 0 amide bonds. The van der Waals surface area contributed by atoms with Crippen molar-refractivity contribution in [1.29, 1.82) is 0 Å².